The highest BCUT2D eigenvalue weighted by molar-refractivity contribution is 6.34. The monoisotopic (exact) mass is 506 g/mol. The Bertz CT molecular complexity index is 1500. The van der Waals surface area contributed by atoms with E-state index in [0.29, 0.717) is 40.8 Å². The molecule has 1 fully saturated rings. The molecule has 0 saturated carbocycles. The van der Waals surface area contributed by atoms with E-state index in [0.717, 1.165) is 29.7 Å². The smallest absolute Gasteiger partial charge is 0.354 e. The third-order valence-electron chi connectivity index (χ3n) is 6.64. The highest BCUT2D eigenvalue weighted by Gasteiger charge is 2.23. The molecule has 4 aromatic rings. The van der Waals surface area contributed by atoms with Gasteiger partial charge < -0.3 is 15.0 Å². The van der Waals surface area contributed by atoms with Crippen LogP contribution in [0.25, 0.3) is 27.7 Å². The zero-order chi connectivity index (χ0) is 25.4. The van der Waals surface area contributed by atoms with E-state index in [-0.39, 0.29) is 11.5 Å². The Labute approximate surface area is 214 Å². The molecule has 0 unspecified atom stereocenters. The second-order valence-corrected chi connectivity index (χ2v) is 9.58. The van der Waals surface area contributed by atoms with Crippen molar-refractivity contribution < 1.29 is 9.13 Å². The topological polar surface area (TPSA) is 59.4 Å². The van der Waals surface area contributed by atoms with Crippen LogP contribution in [0.1, 0.15) is 25.3 Å². The van der Waals surface area contributed by atoms with Crippen molar-refractivity contribution in [2.24, 2.45) is 0 Å². The quantitative estimate of drug-likeness (QED) is 0.393. The van der Waals surface area contributed by atoms with Crippen LogP contribution in [0.15, 0.2) is 59.4 Å². The number of anilines is 1. The van der Waals surface area contributed by atoms with Gasteiger partial charge in [-0.25, -0.2) is 9.18 Å². The average Bonchev–Trinajstić information content (AvgIpc) is 2.88. The van der Waals surface area contributed by atoms with E-state index in [9.17, 15) is 4.79 Å². The van der Waals surface area contributed by atoms with Gasteiger partial charge in [0.05, 0.1) is 23.9 Å². The molecule has 1 saturated heterocycles. The maximum absolute atomic E-state index is 15.1. The number of fused-ring (bicyclic) bond motifs is 1. The SMILES string of the molecule is COc1cccc(F)c1-c1cc2c(cc1Cl)c(N1CCNCC1)nc(=O)n2-c1ccccc1C(C)C. The van der Waals surface area contributed by atoms with E-state index in [1.165, 1.54) is 13.2 Å². The predicted octanol–water partition coefficient (Wildman–Crippen LogP) is 5.39. The zero-order valence-corrected chi connectivity index (χ0v) is 21.3. The van der Waals surface area contributed by atoms with Crippen molar-refractivity contribution in [3.8, 4) is 22.6 Å². The molecule has 0 spiro atoms. The van der Waals surface area contributed by atoms with Crippen molar-refractivity contribution in [3.63, 3.8) is 0 Å². The van der Waals surface area contributed by atoms with Crippen LogP contribution in [-0.4, -0.2) is 42.8 Å². The van der Waals surface area contributed by atoms with Gasteiger partial charge >= 0.3 is 5.69 Å². The van der Waals surface area contributed by atoms with E-state index in [1.54, 1.807) is 28.8 Å². The molecular formula is C28H28ClFN4O2. The summed E-state index contributed by atoms with van der Waals surface area (Å²) in [6, 6.07) is 16.0. The molecule has 1 aliphatic heterocycles. The Balaban J connectivity index is 1.88. The fraction of sp³-hybridized carbons (Fsp3) is 0.286. The fourth-order valence-corrected chi connectivity index (χ4v) is 5.15. The number of rotatable bonds is 5. The summed E-state index contributed by atoms with van der Waals surface area (Å²) < 4.78 is 22.2. The third kappa shape index (κ3) is 4.22. The van der Waals surface area contributed by atoms with Gasteiger partial charge in [-0.15, -0.1) is 0 Å². The van der Waals surface area contributed by atoms with Crippen LogP contribution < -0.4 is 20.6 Å². The normalized spacial score (nSPS) is 14.0. The summed E-state index contributed by atoms with van der Waals surface area (Å²) in [5, 5.41) is 4.42. The van der Waals surface area contributed by atoms with E-state index in [4.69, 9.17) is 16.3 Å². The number of nitrogens with one attached hydrogen (secondary N) is 1. The van der Waals surface area contributed by atoms with Crippen molar-refractivity contribution >= 4 is 28.3 Å². The molecule has 186 valence electrons. The number of methoxy groups -OCH3 is 1. The molecule has 6 nitrogen and oxygen atoms in total. The van der Waals surface area contributed by atoms with Gasteiger partial charge in [0.25, 0.3) is 0 Å². The molecule has 1 aliphatic rings. The number of halogens is 2. The molecule has 0 amide bonds. The van der Waals surface area contributed by atoms with Gasteiger partial charge in [0.1, 0.15) is 17.4 Å². The Hall–Kier alpha value is -3.42. The number of ether oxygens (including phenoxy) is 1. The summed E-state index contributed by atoms with van der Waals surface area (Å²) in [7, 11) is 1.49. The van der Waals surface area contributed by atoms with Gasteiger partial charge in [-0.2, -0.15) is 4.98 Å². The minimum absolute atomic E-state index is 0.175. The van der Waals surface area contributed by atoms with Crippen LogP contribution in [0.2, 0.25) is 5.02 Å². The maximum atomic E-state index is 15.1. The van der Waals surface area contributed by atoms with E-state index >= 15 is 4.39 Å². The molecule has 0 bridgehead atoms. The first kappa shape index (κ1) is 24.3. The lowest BCUT2D eigenvalue weighted by molar-refractivity contribution is 0.413. The van der Waals surface area contributed by atoms with E-state index < -0.39 is 11.5 Å². The largest absolute Gasteiger partial charge is 0.496 e. The first-order valence-electron chi connectivity index (χ1n) is 12.0. The number of hydrogen-bond acceptors (Lipinski definition) is 5. The lowest BCUT2D eigenvalue weighted by Gasteiger charge is -2.30. The second kappa shape index (κ2) is 9.91. The number of aromatic nitrogens is 2. The van der Waals surface area contributed by atoms with E-state index in [2.05, 4.69) is 29.0 Å². The molecule has 8 heteroatoms. The van der Waals surface area contributed by atoms with Crippen molar-refractivity contribution in [2.75, 3.05) is 38.2 Å². The number of piperazine rings is 1. The second-order valence-electron chi connectivity index (χ2n) is 9.17. The first-order valence-corrected chi connectivity index (χ1v) is 12.4. The number of para-hydroxylation sites is 1. The number of benzene rings is 3. The predicted molar refractivity (Wildman–Crippen MR) is 143 cm³/mol. The Morgan fingerprint density at radius 3 is 2.56 bits per heavy atom. The summed E-state index contributed by atoms with van der Waals surface area (Å²) in [6.45, 7) is 7.19. The molecule has 0 radical (unpaired) electrons. The summed E-state index contributed by atoms with van der Waals surface area (Å²) >= 11 is 6.80. The van der Waals surface area contributed by atoms with Gasteiger partial charge in [-0.3, -0.25) is 4.57 Å². The van der Waals surface area contributed by atoms with Crippen LogP contribution in [0.4, 0.5) is 10.2 Å². The molecular weight excluding hydrogens is 479 g/mol. The molecule has 36 heavy (non-hydrogen) atoms. The van der Waals surface area contributed by atoms with Crippen LogP contribution in [0.5, 0.6) is 5.75 Å². The average molecular weight is 507 g/mol. The fourth-order valence-electron chi connectivity index (χ4n) is 4.89. The van der Waals surface area contributed by atoms with Gasteiger partial charge in [0.15, 0.2) is 0 Å². The minimum Gasteiger partial charge on any atom is -0.496 e. The molecule has 3 aromatic carbocycles. The summed E-state index contributed by atoms with van der Waals surface area (Å²) in [5.41, 5.74) is 2.68. The van der Waals surface area contributed by atoms with Crippen LogP contribution >= 0.6 is 11.6 Å². The lowest BCUT2D eigenvalue weighted by atomic mass is 9.99. The van der Waals surface area contributed by atoms with Crippen molar-refractivity contribution in [1.29, 1.82) is 0 Å². The molecule has 2 heterocycles. The highest BCUT2D eigenvalue weighted by Crippen LogP contribution is 2.41. The van der Waals surface area contributed by atoms with Crippen LogP contribution in [0, 0.1) is 5.82 Å². The van der Waals surface area contributed by atoms with E-state index in [1.807, 2.05) is 24.3 Å². The lowest BCUT2D eigenvalue weighted by Crippen LogP contribution is -2.44. The maximum Gasteiger partial charge on any atom is 0.354 e. The van der Waals surface area contributed by atoms with Gasteiger partial charge in [0.2, 0.25) is 0 Å². The zero-order valence-electron chi connectivity index (χ0n) is 20.5. The Morgan fingerprint density at radius 2 is 1.83 bits per heavy atom. The first-order chi connectivity index (χ1) is 17.4. The molecule has 1 aromatic heterocycles. The number of hydrogen-bond donors (Lipinski definition) is 1. The third-order valence-corrected chi connectivity index (χ3v) is 6.95. The molecule has 1 N–H and O–H groups in total. The molecule has 5 rings (SSSR count). The van der Waals surface area contributed by atoms with Crippen LogP contribution in [-0.2, 0) is 0 Å². The molecule has 0 aliphatic carbocycles. The summed E-state index contributed by atoms with van der Waals surface area (Å²) in [6.07, 6.45) is 0. The van der Waals surface area contributed by atoms with Gasteiger partial charge in [0, 0.05) is 42.2 Å². The Kier molecular flexibility index (Phi) is 6.69. The Morgan fingerprint density at radius 1 is 1.08 bits per heavy atom. The summed E-state index contributed by atoms with van der Waals surface area (Å²) in [4.78, 5) is 20.3. The standard InChI is InChI=1S/C28H28ClFN4O2/c1-17(2)18-7-4-5-9-23(18)34-24-16-19(26-22(30)8-6-10-25(26)36-3)21(29)15-20(24)27(32-28(34)35)33-13-11-31-12-14-33/h4-10,15-17,31H,11-14H2,1-3H3. The van der Waals surface area contributed by atoms with Crippen LogP contribution in [0.3, 0.4) is 0 Å². The van der Waals surface area contributed by atoms with Crippen molar-refractivity contribution in [2.45, 2.75) is 19.8 Å². The van der Waals surface area contributed by atoms with Gasteiger partial charge in [-0.1, -0.05) is 49.7 Å². The minimum atomic E-state index is -0.455. The van der Waals surface area contributed by atoms with Crippen molar-refractivity contribution in [3.05, 3.63) is 81.5 Å². The van der Waals surface area contributed by atoms with Gasteiger partial charge in [-0.05, 0) is 41.8 Å². The molecule has 0 atom stereocenters. The van der Waals surface area contributed by atoms with Crippen molar-refractivity contribution in [1.82, 2.24) is 14.9 Å². The highest BCUT2D eigenvalue weighted by atomic mass is 35.5. The summed E-state index contributed by atoms with van der Waals surface area (Å²) in [5.74, 6) is 0.672. The number of nitrogens with zero attached hydrogens (tertiary/aromatic N) is 3.